The van der Waals surface area contributed by atoms with E-state index in [1.165, 1.54) is 6.92 Å². The Hall–Kier alpha value is -3.40. The summed E-state index contributed by atoms with van der Waals surface area (Å²) >= 11 is 0. The molecule has 0 aliphatic carbocycles. The number of ether oxygens (including phenoxy) is 2. The molecule has 4 N–H and O–H groups in total. The summed E-state index contributed by atoms with van der Waals surface area (Å²) in [6, 6.07) is 10.1. The highest BCUT2D eigenvalue weighted by Gasteiger charge is 2.32. The average Bonchev–Trinajstić information content (AvgIpc) is 3.40. The molecule has 1 saturated heterocycles. The minimum Gasteiger partial charge on any atom is -0.496 e. The van der Waals surface area contributed by atoms with Crippen molar-refractivity contribution in [3.05, 3.63) is 64.8 Å². The lowest BCUT2D eigenvalue weighted by Crippen LogP contribution is -2.47. The van der Waals surface area contributed by atoms with Gasteiger partial charge in [0.1, 0.15) is 5.75 Å². The number of aromatic amines is 1. The second kappa shape index (κ2) is 12.0. The van der Waals surface area contributed by atoms with Gasteiger partial charge >= 0.3 is 5.97 Å². The van der Waals surface area contributed by atoms with Crippen LogP contribution in [0, 0.1) is 6.92 Å². The number of likely N-dealkylation sites (tertiary alicyclic amines) is 1. The maximum Gasteiger partial charge on any atom is 0.328 e. The zero-order valence-electron chi connectivity index (χ0n) is 22.4. The third kappa shape index (κ3) is 5.85. The van der Waals surface area contributed by atoms with Crippen LogP contribution in [0.25, 0.3) is 10.9 Å². The van der Waals surface area contributed by atoms with Gasteiger partial charge < -0.3 is 30.0 Å². The number of fused-ring (bicyclic) bond motifs is 1. The first-order valence-corrected chi connectivity index (χ1v) is 13.0. The molecular weight excluding hydrogens is 486 g/mol. The van der Waals surface area contributed by atoms with Crippen molar-refractivity contribution >= 4 is 22.8 Å². The van der Waals surface area contributed by atoms with Crippen molar-refractivity contribution in [2.45, 2.75) is 64.4 Å². The molecule has 0 unspecified atom stereocenters. The summed E-state index contributed by atoms with van der Waals surface area (Å²) in [6.07, 6.45) is 2.61. The van der Waals surface area contributed by atoms with Gasteiger partial charge in [0.15, 0.2) is 6.04 Å². The number of aromatic nitrogens is 1. The standard InChI is InChI=1S/C29H37N3O6/c1-5-38-21-11-13-32(16-23-22-10-12-30-26(22)17(2)14-25(23)37-4)24(15-21)19-6-8-20(9-7-19)28(34)31-27(18(3)33)29(35)36/h6-10,12,14,18,21,24,27,30,33H,5,11,13,15-16H2,1-4H3,(H,31,34)(H,35,36)/t18-,21+,24+,27+/m1/s1. The predicted octanol–water partition coefficient (Wildman–Crippen LogP) is 3.79. The maximum atomic E-state index is 12.7. The fourth-order valence-corrected chi connectivity index (χ4v) is 5.36. The largest absolute Gasteiger partial charge is 0.496 e. The number of nitrogens with one attached hydrogen (secondary N) is 2. The first-order valence-electron chi connectivity index (χ1n) is 13.0. The zero-order valence-corrected chi connectivity index (χ0v) is 22.4. The van der Waals surface area contributed by atoms with E-state index in [-0.39, 0.29) is 12.1 Å². The molecule has 0 bridgehead atoms. The molecule has 4 atom stereocenters. The molecule has 1 aliphatic heterocycles. The number of aliphatic hydroxyl groups is 1. The molecule has 38 heavy (non-hydrogen) atoms. The van der Waals surface area contributed by atoms with Gasteiger partial charge in [-0.25, -0.2) is 4.79 Å². The van der Waals surface area contributed by atoms with Crippen LogP contribution in [0.1, 0.15) is 59.8 Å². The molecule has 1 aromatic heterocycles. The van der Waals surface area contributed by atoms with Crippen LogP contribution >= 0.6 is 0 Å². The number of H-pyrrole nitrogens is 1. The Bertz CT molecular complexity index is 1270. The highest BCUT2D eigenvalue weighted by Crippen LogP contribution is 2.38. The third-order valence-corrected chi connectivity index (χ3v) is 7.35. The Morgan fingerprint density at radius 3 is 2.61 bits per heavy atom. The summed E-state index contributed by atoms with van der Waals surface area (Å²) in [4.78, 5) is 29.8. The predicted molar refractivity (Wildman–Crippen MR) is 144 cm³/mol. The van der Waals surface area contributed by atoms with Gasteiger partial charge in [0, 0.05) is 54.0 Å². The summed E-state index contributed by atoms with van der Waals surface area (Å²) in [5, 5.41) is 22.5. The normalized spacial score (nSPS) is 19.7. The van der Waals surface area contributed by atoms with Crippen molar-refractivity contribution in [3.8, 4) is 5.75 Å². The van der Waals surface area contributed by atoms with Gasteiger partial charge in [0.05, 0.1) is 19.3 Å². The van der Waals surface area contributed by atoms with E-state index in [0.717, 1.165) is 52.7 Å². The quantitative estimate of drug-likeness (QED) is 0.319. The van der Waals surface area contributed by atoms with Gasteiger partial charge in [-0.15, -0.1) is 0 Å². The molecule has 204 valence electrons. The van der Waals surface area contributed by atoms with E-state index in [1.807, 2.05) is 25.3 Å². The Kier molecular flexibility index (Phi) is 8.71. The molecule has 1 fully saturated rings. The van der Waals surface area contributed by atoms with Crippen LogP contribution in [-0.2, 0) is 16.1 Å². The van der Waals surface area contributed by atoms with Crippen molar-refractivity contribution in [2.75, 3.05) is 20.3 Å². The number of aryl methyl sites for hydroxylation is 1. The van der Waals surface area contributed by atoms with E-state index in [1.54, 1.807) is 19.2 Å². The first kappa shape index (κ1) is 27.6. The SMILES string of the molecule is CCO[C@H]1CCN(Cc2c(OC)cc(C)c3[nH]ccc23)[C@H](c2ccc(C(=O)N[C@H](C(=O)O)[C@@H](C)O)cc2)C1. The first-order chi connectivity index (χ1) is 18.2. The molecule has 0 saturated carbocycles. The highest BCUT2D eigenvalue weighted by atomic mass is 16.5. The van der Waals surface area contributed by atoms with Crippen LogP contribution in [0.4, 0.5) is 0 Å². The minimum atomic E-state index is -1.38. The van der Waals surface area contributed by atoms with Gasteiger partial charge in [-0.3, -0.25) is 9.69 Å². The van der Waals surface area contributed by atoms with Crippen molar-refractivity contribution in [3.63, 3.8) is 0 Å². The van der Waals surface area contributed by atoms with E-state index in [2.05, 4.69) is 34.3 Å². The van der Waals surface area contributed by atoms with Gasteiger partial charge in [-0.05, 0) is 69.0 Å². The van der Waals surface area contributed by atoms with Gasteiger partial charge in [0.25, 0.3) is 5.91 Å². The van der Waals surface area contributed by atoms with E-state index in [0.29, 0.717) is 18.7 Å². The second-order valence-electron chi connectivity index (χ2n) is 9.88. The molecule has 2 aromatic carbocycles. The molecule has 9 nitrogen and oxygen atoms in total. The topological polar surface area (TPSA) is 124 Å². The molecule has 4 rings (SSSR count). The fraction of sp³-hybridized carbons (Fsp3) is 0.448. The maximum absolute atomic E-state index is 12.7. The van der Waals surface area contributed by atoms with E-state index < -0.39 is 24.0 Å². The number of amides is 1. The molecule has 3 aromatic rings. The van der Waals surface area contributed by atoms with Crippen LogP contribution < -0.4 is 10.1 Å². The van der Waals surface area contributed by atoms with Crippen molar-refractivity contribution in [2.24, 2.45) is 0 Å². The molecule has 0 radical (unpaired) electrons. The van der Waals surface area contributed by atoms with Crippen LogP contribution in [-0.4, -0.2) is 70.5 Å². The van der Waals surface area contributed by atoms with Crippen LogP contribution in [0.15, 0.2) is 42.6 Å². The number of aliphatic carboxylic acids is 1. The van der Waals surface area contributed by atoms with E-state index >= 15 is 0 Å². The van der Waals surface area contributed by atoms with Gasteiger partial charge in [-0.1, -0.05) is 12.1 Å². The summed E-state index contributed by atoms with van der Waals surface area (Å²) in [5.74, 6) is -0.969. The number of hydrogen-bond acceptors (Lipinski definition) is 6. The number of aliphatic hydroxyl groups excluding tert-OH is 1. The minimum absolute atomic E-state index is 0.0571. The summed E-state index contributed by atoms with van der Waals surface area (Å²) in [7, 11) is 1.70. The lowest BCUT2D eigenvalue weighted by atomic mass is 9.91. The Morgan fingerprint density at radius 1 is 1.24 bits per heavy atom. The van der Waals surface area contributed by atoms with Gasteiger partial charge in [0.2, 0.25) is 0 Å². The number of carboxylic acids is 1. The average molecular weight is 524 g/mol. The van der Waals surface area contributed by atoms with Crippen molar-refractivity contribution < 1.29 is 29.3 Å². The molecule has 1 amide bonds. The van der Waals surface area contributed by atoms with E-state index in [4.69, 9.17) is 9.47 Å². The highest BCUT2D eigenvalue weighted by molar-refractivity contribution is 5.96. The zero-order chi connectivity index (χ0) is 27.4. The number of carbonyl (C=O) groups is 2. The Labute approximate surface area is 222 Å². The number of hydrogen-bond donors (Lipinski definition) is 4. The monoisotopic (exact) mass is 523 g/mol. The number of carboxylic acid groups (broad SMARTS) is 1. The molecular formula is C29H37N3O6. The summed E-state index contributed by atoms with van der Waals surface area (Å²) in [5.41, 5.74) is 4.75. The number of benzene rings is 2. The van der Waals surface area contributed by atoms with E-state index in [9.17, 15) is 19.8 Å². The lowest BCUT2D eigenvalue weighted by Gasteiger charge is -2.40. The number of rotatable bonds is 10. The van der Waals surface area contributed by atoms with Gasteiger partial charge in [-0.2, -0.15) is 0 Å². The second-order valence-corrected chi connectivity index (χ2v) is 9.88. The molecule has 9 heteroatoms. The number of nitrogens with zero attached hydrogens (tertiary/aromatic N) is 1. The smallest absolute Gasteiger partial charge is 0.328 e. The Balaban J connectivity index is 1.60. The molecule has 2 heterocycles. The fourth-order valence-electron chi connectivity index (χ4n) is 5.36. The Morgan fingerprint density at radius 2 is 1.97 bits per heavy atom. The van der Waals surface area contributed by atoms with Crippen molar-refractivity contribution in [1.82, 2.24) is 15.2 Å². The van der Waals surface area contributed by atoms with Crippen LogP contribution in [0.2, 0.25) is 0 Å². The van der Waals surface area contributed by atoms with Crippen LogP contribution in [0.5, 0.6) is 5.75 Å². The van der Waals surface area contributed by atoms with Crippen molar-refractivity contribution in [1.29, 1.82) is 0 Å². The van der Waals surface area contributed by atoms with Crippen LogP contribution in [0.3, 0.4) is 0 Å². The lowest BCUT2D eigenvalue weighted by molar-refractivity contribution is -0.141. The number of carbonyl (C=O) groups excluding carboxylic acids is 1. The third-order valence-electron chi connectivity index (χ3n) is 7.35. The number of methoxy groups -OCH3 is 1. The summed E-state index contributed by atoms with van der Waals surface area (Å²) in [6.45, 7) is 7.60. The summed E-state index contributed by atoms with van der Waals surface area (Å²) < 4.78 is 11.8. The molecule has 1 aliphatic rings. The molecule has 0 spiro atoms. The number of piperidine rings is 1.